The summed E-state index contributed by atoms with van der Waals surface area (Å²) in [5.41, 5.74) is 2.16. The fraction of sp³-hybridized carbons (Fsp3) is 0.296. The number of rotatable bonds is 11. The third-order valence-electron chi connectivity index (χ3n) is 5.53. The minimum absolute atomic E-state index is 0.0524. The maximum Gasteiger partial charge on any atom is 0.264 e. The zero-order valence-corrected chi connectivity index (χ0v) is 22.4. The Labute approximate surface area is 218 Å². The van der Waals surface area contributed by atoms with Crippen LogP contribution in [0.1, 0.15) is 30.9 Å². The van der Waals surface area contributed by atoms with Gasteiger partial charge in [0, 0.05) is 5.02 Å². The molecule has 0 bridgehead atoms. The number of benzene rings is 3. The number of ether oxygens (including phenoxy) is 2. The lowest BCUT2D eigenvalue weighted by molar-refractivity contribution is -0.119. The van der Waals surface area contributed by atoms with Crippen molar-refractivity contribution in [3.05, 3.63) is 82.9 Å². The largest absolute Gasteiger partial charge is 0.495 e. The molecular weight excluding hydrogens is 500 g/mol. The first-order chi connectivity index (χ1) is 17.1. The van der Waals surface area contributed by atoms with Crippen LogP contribution in [0.4, 0.5) is 5.69 Å². The summed E-state index contributed by atoms with van der Waals surface area (Å²) in [6.07, 6.45) is 0. The Kier molecular flexibility index (Phi) is 9.23. The third kappa shape index (κ3) is 6.71. The molecule has 1 amide bonds. The number of carbonyl (C=O) groups is 1. The Morgan fingerprint density at radius 1 is 1.03 bits per heavy atom. The smallest absolute Gasteiger partial charge is 0.264 e. The van der Waals surface area contributed by atoms with Gasteiger partial charge in [-0.25, -0.2) is 8.42 Å². The average molecular weight is 531 g/mol. The molecule has 0 heterocycles. The number of nitrogens with zero attached hydrogens (tertiary/aromatic N) is 1. The Morgan fingerprint density at radius 2 is 1.72 bits per heavy atom. The summed E-state index contributed by atoms with van der Waals surface area (Å²) in [5, 5.41) is 3.06. The molecule has 7 nitrogen and oxygen atoms in total. The topological polar surface area (TPSA) is 84.9 Å². The number of aryl methyl sites for hydroxylation is 1. The van der Waals surface area contributed by atoms with E-state index in [1.165, 1.54) is 25.3 Å². The predicted molar refractivity (Wildman–Crippen MR) is 143 cm³/mol. The van der Waals surface area contributed by atoms with Gasteiger partial charge >= 0.3 is 0 Å². The molecule has 3 rings (SSSR count). The van der Waals surface area contributed by atoms with E-state index in [0.29, 0.717) is 10.9 Å². The van der Waals surface area contributed by atoms with Crippen LogP contribution in [0.5, 0.6) is 11.5 Å². The first-order valence-corrected chi connectivity index (χ1v) is 13.4. The Bertz CT molecular complexity index is 1290. The molecule has 0 aliphatic carbocycles. The number of anilines is 1. The second-order valence-corrected chi connectivity index (χ2v) is 10.8. The van der Waals surface area contributed by atoms with Crippen molar-refractivity contribution in [2.45, 2.75) is 31.6 Å². The minimum atomic E-state index is -4.10. The van der Waals surface area contributed by atoms with Gasteiger partial charge in [-0.1, -0.05) is 61.3 Å². The highest BCUT2D eigenvalue weighted by Crippen LogP contribution is 2.34. The Morgan fingerprint density at radius 3 is 2.39 bits per heavy atom. The number of hydrogen-bond donors (Lipinski definition) is 1. The molecule has 9 heteroatoms. The van der Waals surface area contributed by atoms with Gasteiger partial charge in [-0.2, -0.15) is 0 Å². The van der Waals surface area contributed by atoms with Crippen molar-refractivity contribution in [3.8, 4) is 11.5 Å². The zero-order chi connectivity index (χ0) is 26.3. The van der Waals surface area contributed by atoms with Gasteiger partial charge < -0.3 is 14.8 Å². The molecule has 0 saturated heterocycles. The third-order valence-corrected chi connectivity index (χ3v) is 7.54. The van der Waals surface area contributed by atoms with Crippen molar-refractivity contribution in [2.75, 3.05) is 31.1 Å². The fourth-order valence-corrected chi connectivity index (χ4v) is 5.21. The molecule has 0 radical (unpaired) electrons. The molecule has 3 aromatic rings. The monoisotopic (exact) mass is 530 g/mol. The maximum absolute atomic E-state index is 13.6. The van der Waals surface area contributed by atoms with Crippen LogP contribution in [-0.2, 0) is 14.8 Å². The van der Waals surface area contributed by atoms with E-state index in [1.54, 1.807) is 24.3 Å². The van der Waals surface area contributed by atoms with Crippen molar-refractivity contribution in [3.63, 3.8) is 0 Å². The fourth-order valence-electron chi connectivity index (χ4n) is 3.62. The standard InChI is InChI=1S/C27H31ClN2O5S/c1-19(2)23-7-5-6-8-25(23)35-16-15-29-27(31)18-30(24-17-21(28)11-14-26(24)34-4)36(32,33)22-12-9-20(3)10-13-22/h5-14,17,19H,15-16,18H2,1-4H3,(H,29,31). The van der Waals surface area contributed by atoms with E-state index in [2.05, 4.69) is 19.2 Å². The summed E-state index contributed by atoms with van der Waals surface area (Å²) >= 11 is 6.17. The number of hydrogen-bond acceptors (Lipinski definition) is 5. The average Bonchev–Trinajstić information content (AvgIpc) is 2.85. The summed E-state index contributed by atoms with van der Waals surface area (Å²) in [5.74, 6) is 0.836. The van der Waals surface area contributed by atoms with E-state index in [9.17, 15) is 13.2 Å². The van der Waals surface area contributed by atoms with Gasteiger partial charge in [-0.3, -0.25) is 9.10 Å². The summed E-state index contributed by atoms with van der Waals surface area (Å²) in [4.78, 5) is 12.9. The normalized spacial score (nSPS) is 11.3. The van der Waals surface area contributed by atoms with Gasteiger partial charge in [0.15, 0.2) is 0 Å². The first kappa shape index (κ1) is 27.4. The van der Waals surface area contributed by atoms with Crippen molar-refractivity contribution in [1.82, 2.24) is 5.32 Å². The molecular formula is C27H31ClN2O5S. The molecule has 1 N–H and O–H groups in total. The Hall–Kier alpha value is -3.23. The lowest BCUT2D eigenvalue weighted by atomic mass is 10.0. The first-order valence-electron chi connectivity index (χ1n) is 11.5. The van der Waals surface area contributed by atoms with Gasteiger partial charge in [0.1, 0.15) is 24.7 Å². The second kappa shape index (κ2) is 12.1. The van der Waals surface area contributed by atoms with Crippen LogP contribution >= 0.6 is 11.6 Å². The van der Waals surface area contributed by atoms with E-state index in [1.807, 2.05) is 31.2 Å². The van der Waals surface area contributed by atoms with E-state index in [4.69, 9.17) is 21.1 Å². The molecule has 0 saturated carbocycles. The van der Waals surface area contributed by atoms with E-state index in [-0.39, 0.29) is 29.5 Å². The van der Waals surface area contributed by atoms with Crippen molar-refractivity contribution in [2.24, 2.45) is 0 Å². The molecule has 3 aromatic carbocycles. The van der Waals surface area contributed by atoms with Crippen molar-refractivity contribution in [1.29, 1.82) is 0 Å². The highest BCUT2D eigenvalue weighted by molar-refractivity contribution is 7.92. The van der Waals surface area contributed by atoms with Crippen LogP contribution in [0.2, 0.25) is 5.02 Å². The zero-order valence-electron chi connectivity index (χ0n) is 20.8. The van der Waals surface area contributed by atoms with Crippen LogP contribution < -0.4 is 19.1 Å². The van der Waals surface area contributed by atoms with Crippen molar-refractivity contribution >= 4 is 33.2 Å². The number of sulfonamides is 1. The van der Waals surface area contributed by atoms with E-state index >= 15 is 0 Å². The highest BCUT2D eigenvalue weighted by atomic mass is 35.5. The SMILES string of the molecule is COc1ccc(Cl)cc1N(CC(=O)NCCOc1ccccc1C(C)C)S(=O)(=O)c1ccc(C)cc1. The van der Waals surface area contributed by atoms with Crippen LogP contribution in [-0.4, -0.2) is 41.1 Å². The summed E-state index contributed by atoms with van der Waals surface area (Å²) in [7, 11) is -2.68. The lowest BCUT2D eigenvalue weighted by Crippen LogP contribution is -2.42. The highest BCUT2D eigenvalue weighted by Gasteiger charge is 2.29. The number of carbonyl (C=O) groups excluding carboxylic acids is 1. The minimum Gasteiger partial charge on any atom is -0.495 e. The van der Waals surface area contributed by atoms with Gasteiger partial charge in [-0.15, -0.1) is 0 Å². The molecule has 0 aromatic heterocycles. The molecule has 0 aliphatic heterocycles. The molecule has 36 heavy (non-hydrogen) atoms. The molecule has 0 atom stereocenters. The van der Waals surface area contributed by atoms with Crippen LogP contribution in [0.25, 0.3) is 0 Å². The van der Waals surface area contributed by atoms with Crippen LogP contribution in [0.15, 0.2) is 71.6 Å². The van der Waals surface area contributed by atoms with Gasteiger partial charge in [0.2, 0.25) is 5.91 Å². The predicted octanol–water partition coefficient (Wildman–Crippen LogP) is 5.17. The van der Waals surface area contributed by atoms with Gasteiger partial charge in [0.05, 0.1) is 24.2 Å². The van der Waals surface area contributed by atoms with E-state index < -0.39 is 22.5 Å². The number of para-hydroxylation sites is 1. The summed E-state index contributed by atoms with van der Waals surface area (Å²) in [6.45, 7) is 6.00. The summed E-state index contributed by atoms with van der Waals surface area (Å²) in [6, 6.07) is 18.8. The van der Waals surface area contributed by atoms with Gasteiger partial charge in [-0.05, 0) is 54.8 Å². The molecule has 0 unspecified atom stereocenters. The molecule has 0 fully saturated rings. The number of amides is 1. The number of halogens is 1. The van der Waals surface area contributed by atoms with Crippen LogP contribution in [0, 0.1) is 6.92 Å². The summed E-state index contributed by atoms with van der Waals surface area (Å²) < 4.78 is 39.4. The number of methoxy groups -OCH3 is 1. The van der Waals surface area contributed by atoms with E-state index in [0.717, 1.165) is 21.2 Å². The Balaban J connectivity index is 1.78. The van der Waals surface area contributed by atoms with Gasteiger partial charge in [0.25, 0.3) is 10.0 Å². The second-order valence-electron chi connectivity index (χ2n) is 8.53. The molecule has 0 aliphatic rings. The number of nitrogens with one attached hydrogen (secondary N) is 1. The lowest BCUT2D eigenvalue weighted by Gasteiger charge is -2.26. The van der Waals surface area contributed by atoms with Crippen LogP contribution in [0.3, 0.4) is 0 Å². The van der Waals surface area contributed by atoms with Crippen molar-refractivity contribution < 1.29 is 22.7 Å². The maximum atomic E-state index is 13.6. The quantitative estimate of drug-likeness (QED) is 0.346. The molecule has 0 spiro atoms. The molecule has 192 valence electrons.